The van der Waals surface area contributed by atoms with Gasteiger partial charge in [-0.25, -0.2) is 4.79 Å². The van der Waals surface area contributed by atoms with Crippen LogP contribution in [-0.4, -0.2) is 205 Å². The Bertz CT molecular complexity index is 1550. The third-order valence-electron chi connectivity index (χ3n) is 6.92. The first kappa shape index (κ1) is 59.9. The summed E-state index contributed by atoms with van der Waals surface area (Å²) in [5, 5.41) is 10.3. The first-order valence-electron chi connectivity index (χ1n) is 16.2. The molecule has 0 heterocycles. The Hall–Kier alpha value is -0.457. The van der Waals surface area contributed by atoms with Crippen LogP contribution in [0.25, 0.3) is 12.2 Å². The zero-order valence-corrected chi connectivity index (χ0v) is 35.4. The molecular formula is C24H21B25Cl2NaO4. The second-order valence-corrected chi connectivity index (χ2v) is 12.5. The normalized spacial score (nSPS) is 9.07. The van der Waals surface area contributed by atoms with Gasteiger partial charge in [-0.05, 0) is 66.1 Å². The van der Waals surface area contributed by atoms with Crippen molar-refractivity contribution < 1.29 is 50.4 Å². The van der Waals surface area contributed by atoms with E-state index in [9.17, 15) is 14.7 Å². The molecule has 32 heteroatoms. The van der Waals surface area contributed by atoms with Gasteiger partial charge < -0.3 is 11.3 Å². The second kappa shape index (κ2) is 33.3. The van der Waals surface area contributed by atoms with Crippen LogP contribution in [-0.2, 0) is 4.74 Å². The molecule has 0 amide bonds. The zero-order chi connectivity index (χ0) is 43.0. The third-order valence-corrected chi connectivity index (χ3v) is 7.57. The Labute approximate surface area is 393 Å². The average Bonchev–Trinajstić information content (AvgIpc) is 3.08. The Morgan fingerprint density at radius 2 is 1.18 bits per heavy atom. The summed E-state index contributed by atoms with van der Waals surface area (Å²) in [5.41, 5.74) is 3.75. The van der Waals surface area contributed by atoms with E-state index in [2.05, 4.69) is 4.74 Å². The molecular weight excluding hydrogens is 716 g/mol. The fourth-order valence-corrected chi connectivity index (χ4v) is 4.25. The molecule has 231 valence electrons. The number of aldehydes is 1. The Morgan fingerprint density at radius 3 is 1.52 bits per heavy atom. The van der Waals surface area contributed by atoms with Gasteiger partial charge in [0.05, 0.1) is 22.7 Å². The molecule has 56 heavy (non-hydrogen) atoms. The topological polar surface area (TPSA) is 63.6 Å². The van der Waals surface area contributed by atoms with E-state index in [1.807, 2.05) is 31.2 Å². The molecule has 3 aromatic rings. The van der Waals surface area contributed by atoms with Gasteiger partial charge in [0.2, 0.25) is 0 Å². The number of methoxy groups -OCH3 is 1. The standard InChI is InChI=1S/C16H13ClO3.C8H7ClO.B10.B9.B6.Na.H/c1-20-16(19)13-4-2-3-11(9-13)5-6-12-7-8-14(18)10-15(12)17;1-6-2-3-7(5-10)8(9)4-6;1-7(2)10(8(3)4)9(5)6;1-6-9(7(2)3)8(4)5;1-5(2)6(3)4;;/h2-10,18H,1H3;2-5H,1H3;;;;;/q;;;;;+1;-1/b6-5+;;;;;;. The fraction of sp³-hybridized carbons (Fsp3) is 0.0833. The number of hydrogen-bond donors (Lipinski definition) is 1. The van der Waals surface area contributed by atoms with Crippen LogP contribution < -0.4 is 29.6 Å². The minimum atomic E-state index is -0.667. The summed E-state index contributed by atoms with van der Waals surface area (Å²) >= 11 is 11.7. The van der Waals surface area contributed by atoms with Crippen molar-refractivity contribution in [3.63, 3.8) is 0 Å². The predicted octanol–water partition coefficient (Wildman–Crippen LogP) is -5.94. The average molecular weight is 738 g/mol. The van der Waals surface area contributed by atoms with Crippen molar-refractivity contribution in [2.24, 2.45) is 0 Å². The molecule has 0 bridgehead atoms. The van der Waals surface area contributed by atoms with Crippen molar-refractivity contribution in [2.45, 2.75) is 6.92 Å². The van der Waals surface area contributed by atoms with E-state index < -0.39 is 51.1 Å². The van der Waals surface area contributed by atoms with Crippen LogP contribution in [0.4, 0.5) is 0 Å². The number of hydrogen-bond acceptors (Lipinski definition) is 4. The molecule has 0 spiro atoms. The summed E-state index contributed by atoms with van der Waals surface area (Å²) in [6, 6.07) is 17.2. The maximum atomic E-state index is 11.4. The molecule has 0 aliphatic heterocycles. The van der Waals surface area contributed by atoms with Crippen LogP contribution in [0.15, 0.2) is 60.7 Å². The number of benzene rings is 3. The molecule has 0 aliphatic rings. The SMILES string of the molecule is COC(=O)c1cccc(/C=C/c2ccc(O)cc2Cl)c1.Cc1ccc(C=O)c(Cl)c1.[B]B([B])B(B([B])[B])B([B])[B].[B]B([B])B([B])[B].[B][B]B(B([B])[B])B([B])[B].[H-].[Na+]. The van der Waals surface area contributed by atoms with Crippen molar-refractivity contribution in [3.05, 3.63) is 98.5 Å². The van der Waals surface area contributed by atoms with Gasteiger partial charge >= 0.3 is 35.5 Å². The number of carbonyl (C=O) groups excluding carboxylic acids is 2. The first-order valence-corrected chi connectivity index (χ1v) is 17.0. The van der Waals surface area contributed by atoms with E-state index in [1.54, 1.807) is 42.5 Å². The van der Waals surface area contributed by atoms with E-state index in [0.717, 1.165) is 23.0 Å². The molecule has 0 fully saturated rings. The molecule has 3 aromatic carbocycles. The summed E-state index contributed by atoms with van der Waals surface area (Å²) in [6.45, 7) is 1.93. The molecule has 1 N–H and O–H groups in total. The van der Waals surface area contributed by atoms with E-state index >= 15 is 0 Å². The summed E-state index contributed by atoms with van der Waals surface area (Å²) in [5.74, 6) is -0.247. The summed E-state index contributed by atoms with van der Waals surface area (Å²) in [4.78, 5) is 21.7. The van der Waals surface area contributed by atoms with E-state index in [4.69, 9.17) is 139 Å². The molecule has 0 atom stereocenters. The van der Waals surface area contributed by atoms with Gasteiger partial charge in [0.1, 0.15) is 5.75 Å². The number of carbonyl (C=O) groups is 2. The minimum absolute atomic E-state index is 0. The number of esters is 1. The van der Waals surface area contributed by atoms with E-state index in [-0.39, 0.29) is 49.1 Å². The number of phenols is 1. The Kier molecular flexibility index (Phi) is 35.6. The molecule has 31 radical (unpaired) electrons. The van der Waals surface area contributed by atoms with Gasteiger partial charge in [0.25, 0.3) is 0 Å². The number of phenolic OH excluding ortho intramolecular Hbond substituents is 1. The number of halogens is 2. The number of aryl methyl sites for hydroxylation is 1. The van der Waals surface area contributed by atoms with Crippen molar-refractivity contribution in [1.29, 1.82) is 0 Å². The first-order chi connectivity index (χ1) is 25.5. The summed E-state index contributed by atoms with van der Waals surface area (Å²) < 4.78 is 4.67. The van der Waals surface area contributed by atoms with Crippen LogP contribution in [0.3, 0.4) is 0 Å². The fourth-order valence-electron chi connectivity index (χ4n) is 3.74. The van der Waals surface area contributed by atoms with Crippen LogP contribution in [0.5, 0.6) is 5.75 Å². The Morgan fingerprint density at radius 1 is 0.696 bits per heavy atom. The van der Waals surface area contributed by atoms with Crippen LogP contribution in [0, 0.1) is 6.92 Å². The second-order valence-electron chi connectivity index (χ2n) is 11.7. The molecule has 0 aromatic heterocycles. The Balaban J connectivity index is -0.000000328. The van der Waals surface area contributed by atoms with Gasteiger partial charge in [0, 0.05) is 186 Å². The number of aromatic hydroxyl groups is 1. The number of rotatable bonds is 11. The van der Waals surface area contributed by atoms with Gasteiger partial charge in [-0.15, -0.1) is 0 Å². The van der Waals surface area contributed by atoms with Crippen molar-refractivity contribution in [1.82, 2.24) is 0 Å². The third kappa shape index (κ3) is 26.6. The monoisotopic (exact) mass is 741 g/mol. The molecule has 4 nitrogen and oxygen atoms in total. The largest absolute Gasteiger partial charge is 1.00 e. The summed E-state index contributed by atoms with van der Waals surface area (Å²) in [7, 11) is 80.4. The van der Waals surface area contributed by atoms with Gasteiger partial charge in [0.15, 0.2) is 6.29 Å². The quantitative estimate of drug-likeness (QED) is 0.0924. The minimum Gasteiger partial charge on any atom is -1.00 e. The maximum Gasteiger partial charge on any atom is 1.00 e. The molecule has 0 unspecified atom stereocenters. The molecule has 0 saturated carbocycles. The van der Waals surface area contributed by atoms with Gasteiger partial charge in [-0.3, -0.25) is 4.79 Å². The molecule has 0 saturated heterocycles. The summed E-state index contributed by atoms with van der Waals surface area (Å²) in [6.07, 6.45) is -0.685. The maximum absolute atomic E-state index is 11.4. The van der Waals surface area contributed by atoms with E-state index in [1.165, 1.54) is 20.2 Å². The van der Waals surface area contributed by atoms with Crippen LogP contribution in [0.2, 0.25) is 10.0 Å². The van der Waals surface area contributed by atoms with Gasteiger partial charge in [-0.2, -0.15) is 0 Å². The van der Waals surface area contributed by atoms with Crippen LogP contribution >= 0.6 is 23.2 Å². The smallest absolute Gasteiger partial charge is 1.00 e. The molecule has 0 aliphatic carbocycles. The van der Waals surface area contributed by atoms with Gasteiger partial charge in [-0.1, -0.05) is 53.6 Å². The van der Waals surface area contributed by atoms with Crippen LogP contribution in [0.1, 0.15) is 38.8 Å². The molecule has 3 rings (SSSR count). The van der Waals surface area contributed by atoms with E-state index in [0.29, 0.717) is 21.2 Å². The zero-order valence-electron chi connectivity index (χ0n) is 32.9. The van der Waals surface area contributed by atoms with Crippen molar-refractivity contribution in [3.8, 4) is 5.75 Å². The van der Waals surface area contributed by atoms with Crippen molar-refractivity contribution >= 4 is 228 Å². The number of ether oxygens (including phenoxy) is 1. The van der Waals surface area contributed by atoms with Crippen molar-refractivity contribution in [2.75, 3.05) is 7.11 Å². The predicted molar refractivity (Wildman–Crippen MR) is 266 cm³/mol.